The summed E-state index contributed by atoms with van der Waals surface area (Å²) in [5.74, 6) is -0.242. The summed E-state index contributed by atoms with van der Waals surface area (Å²) in [6, 6.07) is 3.73. The zero-order valence-electron chi connectivity index (χ0n) is 10.4. The number of nitrogens with two attached hydrogens (primary N) is 1. The van der Waals surface area contributed by atoms with Crippen molar-refractivity contribution in [2.45, 2.75) is 10.9 Å². The topological polar surface area (TPSA) is 111 Å². The van der Waals surface area contributed by atoms with Crippen LogP contribution in [0.4, 0.5) is 5.69 Å². The van der Waals surface area contributed by atoms with Gasteiger partial charge in [0.1, 0.15) is 6.04 Å². The fourth-order valence-electron chi connectivity index (χ4n) is 1.73. The SMILES string of the molecule is NS(=O)(=O)c1ccc(NC(=O)C2COCCN2)c(Br)c1. The number of halogens is 1. The normalized spacial score (nSPS) is 19.6. The zero-order chi connectivity index (χ0) is 14.8. The summed E-state index contributed by atoms with van der Waals surface area (Å²) in [6.07, 6.45) is 0. The number of hydrogen-bond acceptors (Lipinski definition) is 5. The number of rotatable bonds is 3. The minimum Gasteiger partial charge on any atom is -0.378 e. The van der Waals surface area contributed by atoms with Crippen LogP contribution >= 0.6 is 15.9 Å². The van der Waals surface area contributed by atoms with Crippen LogP contribution in [0.15, 0.2) is 27.6 Å². The molecule has 0 saturated carbocycles. The first-order valence-corrected chi connectivity index (χ1v) is 8.16. The number of benzene rings is 1. The van der Waals surface area contributed by atoms with Crippen LogP contribution in [0.3, 0.4) is 0 Å². The lowest BCUT2D eigenvalue weighted by Crippen LogP contribution is -2.48. The number of primary sulfonamides is 1. The molecule has 0 radical (unpaired) electrons. The van der Waals surface area contributed by atoms with E-state index in [0.717, 1.165) is 0 Å². The maximum Gasteiger partial charge on any atom is 0.243 e. The van der Waals surface area contributed by atoms with E-state index >= 15 is 0 Å². The molecule has 2 rings (SSSR count). The van der Waals surface area contributed by atoms with Gasteiger partial charge < -0.3 is 15.4 Å². The van der Waals surface area contributed by atoms with Gasteiger partial charge in [0.2, 0.25) is 15.9 Å². The van der Waals surface area contributed by atoms with Crippen LogP contribution in [0, 0.1) is 0 Å². The van der Waals surface area contributed by atoms with Crippen molar-refractivity contribution in [2.24, 2.45) is 5.14 Å². The summed E-state index contributed by atoms with van der Waals surface area (Å²) < 4.78 is 28.1. The van der Waals surface area contributed by atoms with Crippen molar-refractivity contribution in [1.29, 1.82) is 0 Å². The standard InChI is InChI=1S/C11H14BrN3O4S/c12-8-5-7(20(13,17)18)1-2-9(8)15-11(16)10-6-19-4-3-14-10/h1-2,5,10,14H,3-4,6H2,(H,15,16)(H2,13,17,18). The second-order valence-electron chi connectivity index (χ2n) is 4.26. The molecule has 1 amide bonds. The Morgan fingerprint density at radius 3 is 2.80 bits per heavy atom. The van der Waals surface area contributed by atoms with Crippen molar-refractivity contribution in [2.75, 3.05) is 25.1 Å². The van der Waals surface area contributed by atoms with E-state index < -0.39 is 16.1 Å². The average molecular weight is 364 g/mol. The highest BCUT2D eigenvalue weighted by Crippen LogP contribution is 2.25. The lowest BCUT2D eigenvalue weighted by atomic mass is 10.2. The second kappa shape index (κ2) is 6.19. The van der Waals surface area contributed by atoms with Gasteiger partial charge in [-0.05, 0) is 34.1 Å². The summed E-state index contributed by atoms with van der Waals surface area (Å²) in [5.41, 5.74) is 0.467. The number of ether oxygens (including phenoxy) is 1. The average Bonchev–Trinajstić information content (AvgIpc) is 2.41. The molecule has 1 aliphatic rings. The Balaban J connectivity index is 2.11. The number of sulfonamides is 1. The Bertz CT molecular complexity index is 614. The second-order valence-corrected chi connectivity index (χ2v) is 6.67. The highest BCUT2D eigenvalue weighted by molar-refractivity contribution is 9.10. The van der Waals surface area contributed by atoms with E-state index in [4.69, 9.17) is 9.88 Å². The minimum atomic E-state index is -3.77. The van der Waals surface area contributed by atoms with Crippen LogP contribution in [-0.4, -0.2) is 40.1 Å². The molecule has 1 aromatic carbocycles. The molecule has 1 saturated heterocycles. The Morgan fingerprint density at radius 2 is 2.25 bits per heavy atom. The summed E-state index contributed by atoms with van der Waals surface area (Å²) in [6.45, 7) is 1.50. The number of amides is 1. The molecule has 1 fully saturated rings. The first kappa shape index (κ1) is 15.4. The molecule has 1 atom stereocenters. The van der Waals surface area contributed by atoms with Crippen molar-refractivity contribution < 1.29 is 17.9 Å². The third-order valence-corrected chi connectivity index (χ3v) is 4.33. The molecule has 7 nitrogen and oxygen atoms in total. The van der Waals surface area contributed by atoms with E-state index in [1.54, 1.807) is 0 Å². The Hall–Kier alpha value is -1.00. The molecule has 1 aromatic rings. The Morgan fingerprint density at radius 1 is 1.50 bits per heavy atom. The molecule has 1 aliphatic heterocycles. The van der Waals surface area contributed by atoms with E-state index in [2.05, 4.69) is 26.6 Å². The highest BCUT2D eigenvalue weighted by Gasteiger charge is 2.22. The fourth-order valence-corrected chi connectivity index (χ4v) is 2.90. The zero-order valence-corrected chi connectivity index (χ0v) is 12.8. The summed E-state index contributed by atoms with van der Waals surface area (Å²) in [4.78, 5) is 12.0. The van der Waals surface area contributed by atoms with Crippen molar-refractivity contribution in [1.82, 2.24) is 5.32 Å². The van der Waals surface area contributed by atoms with Gasteiger partial charge in [0.15, 0.2) is 0 Å². The molecular formula is C11H14BrN3O4S. The molecule has 1 heterocycles. The van der Waals surface area contributed by atoms with Crippen LogP contribution in [0.25, 0.3) is 0 Å². The monoisotopic (exact) mass is 363 g/mol. The number of anilines is 1. The molecule has 1 unspecified atom stereocenters. The quantitative estimate of drug-likeness (QED) is 0.701. The maximum absolute atomic E-state index is 12.0. The Kier molecular flexibility index (Phi) is 4.76. The first-order chi connectivity index (χ1) is 9.38. The number of carbonyl (C=O) groups excluding carboxylic acids is 1. The number of carbonyl (C=O) groups is 1. The van der Waals surface area contributed by atoms with E-state index in [1.807, 2.05) is 0 Å². The predicted octanol–water partition coefficient (Wildman–Crippen LogP) is 0.0234. The predicted molar refractivity (Wildman–Crippen MR) is 76.8 cm³/mol. The number of nitrogens with one attached hydrogen (secondary N) is 2. The summed E-state index contributed by atoms with van der Waals surface area (Å²) >= 11 is 3.21. The minimum absolute atomic E-state index is 0.0264. The molecular weight excluding hydrogens is 350 g/mol. The summed E-state index contributed by atoms with van der Waals surface area (Å²) in [5, 5.41) is 10.8. The van der Waals surface area contributed by atoms with E-state index in [1.165, 1.54) is 18.2 Å². The largest absolute Gasteiger partial charge is 0.378 e. The van der Waals surface area contributed by atoms with Gasteiger partial charge in [-0.1, -0.05) is 0 Å². The van der Waals surface area contributed by atoms with Crippen molar-refractivity contribution in [3.63, 3.8) is 0 Å². The van der Waals surface area contributed by atoms with Crippen LogP contribution in [0.5, 0.6) is 0 Å². The molecule has 9 heteroatoms. The van der Waals surface area contributed by atoms with Crippen LogP contribution < -0.4 is 15.8 Å². The number of hydrogen-bond donors (Lipinski definition) is 3. The van der Waals surface area contributed by atoms with E-state index in [9.17, 15) is 13.2 Å². The van der Waals surface area contributed by atoms with Crippen LogP contribution in [0.2, 0.25) is 0 Å². The van der Waals surface area contributed by atoms with Crippen LogP contribution in [0.1, 0.15) is 0 Å². The molecule has 20 heavy (non-hydrogen) atoms. The maximum atomic E-state index is 12.0. The molecule has 4 N–H and O–H groups in total. The lowest BCUT2D eigenvalue weighted by Gasteiger charge is -2.23. The van der Waals surface area contributed by atoms with E-state index in [0.29, 0.717) is 29.9 Å². The third kappa shape index (κ3) is 3.76. The lowest BCUT2D eigenvalue weighted by molar-refractivity contribution is -0.120. The first-order valence-electron chi connectivity index (χ1n) is 5.82. The van der Waals surface area contributed by atoms with Gasteiger partial charge in [0.25, 0.3) is 0 Å². The number of morpholine rings is 1. The van der Waals surface area contributed by atoms with Crippen molar-refractivity contribution >= 4 is 37.5 Å². The fraction of sp³-hybridized carbons (Fsp3) is 0.364. The highest BCUT2D eigenvalue weighted by atomic mass is 79.9. The van der Waals surface area contributed by atoms with Gasteiger partial charge in [0.05, 0.1) is 23.8 Å². The molecule has 0 bridgehead atoms. The smallest absolute Gasteiger partial charge is 0.243 e. The van der Waals surface area contributed by atoms with Crippen molar-refractivity contribution in [3.05, 3.63) is 22.7 Å². The molecule has 0 aliphatic carbocycles. The van der Waals surface area contributed by atoms with Crippen molar-refractivity contribution in [3.8, 4) is 0 Å². The molecule has 0 aromatic heterocycles. The van der Waals surface area contributed by atoms with Gasteiger partial charge in [-0.25, -0.2) is 13.6 Å². The summed E-state index contributed by atoms with van der Waals surface area (Å²) in [7, 11) is -3.77. The van der Waals surface area contributed by atoms with Gasteiger partial charge >= 0.3 is 0 Å². The Labute approximate surface area is 125 Å². The molecule has 110 valence electrons. The van der Waals surface area contributed by atoms with Gasteiger partial charge in [0, 0.05) is 11.0 Å². The molecule has 0 spiro atoms. The third-order valence-electron chi connectivity index (χ3n) is 2.77. The van der Waals surface area contributed by atoms with Crippen LogP contribution in [-0.2, 0) is 19.6 Å². The van der Waals surface area contributed by atoms with Gasteiger partial charge in [-0.3, -0.25) is 4.79 Å². The van der Waals surface area contributed by atoms with Gasteiger partial charge in [-0.15, -0.1) is 0 Å². The van der Waals surface area contributed by atoms with E-state index in [-0.39, 0.29) is 10.8 Å². The van der Waals surface area contributed by atoms with Gasteiger partial charge in [-0.2, -0.15) is 0 Å².